The molecule has 154 valence electrons. The normalized spacial score (nSPS) is 15.0. The van der Waals surface area contributed by atoms with Gasteiger partial charge < -0.3 is 10.1 Å². The van der Waals surface area contributed by atoms with Crippen LogP contribution in [-0.2, 0) is 10.0 Å². The Morgan fingerprint density at radius 2 is 1.67 bits per heavy atom. The molecule has 0 spiro atoms. The molecule has 1 amide bonds. The number of carbonyl (C=O) groups excluding carboxylic acids is 1. The van der Waals surface area contributed by atoms with Crippen molar-refractivity contribution in [2.24, 2.45) is 0 Å². The standard InChI is InChI=1S/C23H22N2O4S/c1-29-22-13-12-20(25-14-5-15-30(25,27)28)16-21(22)24-23(26)19-10-8-18(9-11-19)17-6-3-2-4-7-17/h2-4,6-13,16H,5,14-15H2,1H3,(H,24,26). The maximum atomic E-state index is 12.8. The number of amides is 1. The third-order valence-electron chi connectivity index (χ3n) is 5.07. The van der Waals surface area contributed by atoms with E-state index in [0.29, 0.717) is 35.7 Å². The smallest absolute Gasteiger partial charge is 0.255 e. The van der Waals surface area contributed by atoms with Crippen molar-refractivity contribution < 1.29 is 17.9 Å². The fourth-order valence-electron chi connectivity index (χ4n) is 3.52. The average Bonchev–Trinajstić information content (AvgIpc) is 3.13. The van der Waals surface area contributed by atoms with E-state index in [2.05, 4.69) is 5.32 Å². The summed E-state index contributed by atoms with van der Waals surface area (Å²) in [6, 6.07) is 22.2. The molecule has 1 heterocycles. The van der Waals surface area contributed by atoms with Crippen molar-refractivity contribution in [2.75, 3.05) is 29.0 Å². The largest absolute Gasteiger partial charge is 0.495 e. The predicted octanol–water partition coefficient (Wildman–Crippen LogP) is 4.15. The summed E-state index contributed by atoms with van der Waals surface area (Å²) in [5, 5.41) is 2.84. The van der Waals surface area contributed by atoms with E-state index in [1.54, 1.807) is 30.3 Å². The number of rotatable bonds is 5. The highest BCUT2D eigenvalue weighted by Gasteiger charge is 2.29. The van der Waals surface area contributed by atoms with Crippen LogP contribution in [0.25, 0.3) is 11.1 Å². The van der Waals surface area contributed by atoms with Crippen LogP contribution in [0.1, 0.15) is 16.8 Å². The molecule has 0 bridgehead atoms. The molecule has 1 N–H and O–H groups in total. The topological polar surface area (TPSA) is 75.7 Å². The van der Waals surface area contributed by atoms with Crippen molar-refractivity contribution in [3.63, 3.8) is 0 Å². The van der Waals surface area contributed by atoms with Gasteiger partial charge in [-0.1, -0.05) is 42.5 Å². The second kappa shape index (κ2) is 8.20. The van der Waals surface area contributed by atoms with Gasteiger partial charge in [0.2, 0.25) is 10.0 Å². The molecule has 0 aromatic heterocycles. The molecule has 6 nitrogen and oxygen atoms in total. The molecule has 3 aromatic carbocycles. The zero-order chi connectivity index (χ0) is 21.1. The number of ether oxygens (including phenoxy) is 1. The Morgan fingerprint density at radius 1 is 0.967 bits per heavy atom. The molecule has 0 atom stereocenters. The first kappa shape index (κ1) is 20.0. The summed E-state index contributed by atoms with van der Waals surface area (Å²) in [5.41, 5.74) is 3.53. The van der Waals surface area contributed by atoms with Crippen molar-refractivity contribution in [1.29, 1.82) is 0 Å². The van der Waals surface area contributed by atoms with E-state index in [1.807, 2.05) is 42.5 Å². The minimum atomic E-state index is -3.31. The Hall–Kier alpha value is -3.32. The van der Waals surface area contributed by atoms with Crippen molar-refractivity contribution in [2.45, 2.75) is 6.42 Å². The zero-order valence-corrected chi connectivity index (χ0v) is 17.4. The summed E-state index contributed by atoms with van der Waals surface area (Å²) in [7, 11) is -1.80. The second-order valence-electron chi connectivity index (χ2n) is 7.02. The van der Waals surface area contributed by atoms with Gasteiger partial charge in [0.05, 0.1) is 24.2 Å². The van der Waals surface area contributed by atoms with Gasteiger partial charge in [-0.15, -0.1) is 0 Å². The summed E-state index contributed by atoms with van der Waals surface area (Å²) >= 11 is 0. The van der Waals surface area contributed by atoms with Gasteiger partial charge in [-0.25, -0.2) is 8.42 Å². The maximum absolute atomic E-state index is 12.8. The van der Waals surface area contributed by atoms with E-state index in [0.717, 1.165) is 11.1 Å². The Morgan fingerprint density at radius 3 is 2.30 bits per heavy atom. The van der Waals surface area contributed by atoms with Crippen LogP contribution in [0.4, 0.5) is 11.4 Å². The van der Waals surface area contributed by atoms with E-state index >= 15 is 0 Å². The van der Waals surface area contributed by atoms with Gasteiger partial charge in [0.25, 0.3) is 5.91 Å². The first-order valence-corrected chi connectivity index (χ1v) is 11.2. The molecule has 1 aliphatic rings. The zero-order valence-electron chi connectivity index (χ0n) is 16.5. The van der Waals surface area contributed by atoms with Gasteiger partial charge >= 0.3 is 0 Å². The number of nitrogens with one attached hydrogen (secondary N) is 1. The van der Waals surface area contributed by atoms with Gasteiger partial charge in [0, 0.05) is 12.1 Å². The summed E-state index contributed by atoms with van der Waals surface area (Å²) in [6.45, 7) is 0.434. The van der Waals surface area contributed by atoms with Crippen molar-refractivity contribution >= 4 is 27.3 Å². The summed E-state index contributed by atoms with van der Waals surface area (Å²) in [4.78, 5) is 12.8. The van der Waals surface area contributed by atoms with Crippen LogP contribution in [0.15, 0.2) is 72.8 Å². The Balaban J connectivity index is 1.57. The average molecular weight is 423 g/mol. The molecule has 0 saturated carbocycles. The lowest BCUT2D eigenvalue weighted by atomic mass is 10.0. The number of nitrogens with zero attached hydrogens (tertiary/aromatic N) is 1. The molecule has 0 unspecified atom stereocenters. The molecule has 1 fully saturated rings. The number of sulfonamides is 1. The van der Waals surface area contributed by atoms with Gasteiger partial charge in [0.15, 0.2) is 0 Å². The minimum Gasteiger partial charge on any atom is -0.495 e. The minimum absolute atomic E-state index is 0.133. The van der Waals surface area contributed by atoms with Gasteiger partial charge in [-0.05, 0) is 47.9 Å². The van der Waals surface area contributed by atoms with Crippen LogP contribution in [-0.4, -0.2) is 33.7 Å². The van der Waals surface area contributed by atoms with Crippen LogP contribution >= 0.6 is 0 Å². The van der Waals surface area contributed by atoms with E-state index in [-0.39, 0.29) is 11.7 Å². The van der Waals surface area contributed by atoms with Crippen molar-refractivity contribution in [3.8, 4) is 16.9 Å². The predicted molar refractivity (Wildman–Crippen MR) is 119 cm³/mol. The maximum Gasteiger partial charge on any atom is 0.255 e. The van der Waals surface area contributed by atoms with Crippen LogP contribution in [0, 0.1) is 0 Å². The number of hydrogen-bond acceptors (Lipinski definition) is 4. The second-order valence-corrected chi connectivity index (χ2v) is 9.04. The Kier molecular flexibility index (Phi) is 5.46. The fourth-order valence-corrected chi connectivity index (χ4v) is 5.07. The van der Waals surface area contributed by atoms with E-state index in [1.165, 1.54) is 11.4 Å². The highest BCUT2D eigenvalue weighted by Crippen LogP contribution is 2.33. The molecular formula is C23H22N2O4S. The summed E-state index contributed by atoms with van der Waals surface area (Å²) in [6.07, 6.45) is 0.587. The molecule has 0 aliphatic carbocycles. The van der Waals surface area contributed by atoms with Crippen LogP contribution < -0.4 is 14.4 Å². The summed E-state index contributed by atoms with van der Waals surface area (Å²) < 4.78 is 31.2. The van der Waals surface area contributed by atoms with Gasteiger partial charge in [-0.2, -0.15) is 0 Å². The highest BCUT2D eigenvalue weighted by molar-refractivity contribution is 7.93. The number of methoxy groups -OCH3 is 1. The number of carbonyl (C=O) groups is 1. The molecule has 1 saturated heterocycles. The van der Waals surface area contributed by atoms with E-state index in [4.69, 9.17) is 4.74 Å². The van der Waals surface area contributed by atoms with Crippen LogP contribution in [0.3, 0.4) is 0 Å². The summed E-state index contributed by atoms with van der Waals surface area (Å²) in [5.74, 6) is 0.299. The number of anilines is 2. The molecular weight excluding hydrogens is 400 g/mol. The first-order chi connectivity index (χ1) is 14.5. The van der Waals surface area contributed by atoms with Gasteiger partial charge in [-0.3, -0.25) is 9.10 Å². The van der Waals surface area contributed by atoms with Crippen LogP contribution in [0.2, 0.25) is 0 Å². The lowest BCUT2D eigenvalue weighted by Gasteiger charge is -2.19. The van der Waals surface area contributed by atoms with Crippen molar-refractivity contribution in [3.05, 3.63) is 78.4 Å². The first-order valence-electron chi connectivity index (χ1n) is 9.63. The fraction of sp³-hybridized carbons (Fsp3) is 0.174. The quantitative estimate of drug-likeness (QED) is 0.670. The van der Waals surface area contributed by atoms with E-state index in [9.17, 15) is 13.2 Å². The third kappa shape index (κ3) is 4.02. The lowest BCUT2D eigenvalue weighted by molar-refractivity contribution is 0.102. The Bertz CT molecular complexity index is 1160. The third-order valence-corrected chi connectivity index (χ3v) is 6.94. The molecule has 4 rings (SSSR count). The van der Waals surface area contributed by atoms with E-state index < -0.39 is 10.0 Å². The monoisotopic (exact) mass is 422 g/mol. The lowest BCUT2D eigenvalue weighted by Crippen LogP contribution is -2.25. The van der Waals surface area contributed by atoms with Gasteiger partial charge in [0.1, 0.15) is 5.75 Å². The number of benzene rings is 3. The Labute approximate surface area is 176 Å². The SMILES string of the molecule is COc1ccc(N2CCCS2(=O)=O)cc1NC(=O)c1ccc(-c2ccccc2)cc1. The molecule has 3 aromatic rings. The molecule has 1 aliphatic heterocycles. The molecule has 30 heavy (non-hydrogen) atoms. The highest BCUT2D eigenvalue weighted by atomic mass is 32.2. The van der Waals surface area contributed by atoms with Crippen LogP contribution in [0.5, 0.6) is 5.75 Å². The number of hydrogen-bond donors (Lipinski definition) is 1. The molecule has 0 radical (unpaired) electrons. The van der Waals surface area contributed by atoms with Crippen molar-refractivity contribution in [1.82, 2.24) is 0 Å². The molecule has 7 heteroatoms.